The molecule has 1 aromatic carbocycles. The minimum Gasteiger partial charge on any atom is -0.497 e. The molecule has 5 aliphatic rings. The Morgan fingerprint density at radius 3 is 2.54 bits per heavy atom. The maximum atomic E-state index is 14.6. The van der Waals surface area contributed by atoms with Crippen LogP contribution in [-0.4, -0.2) is 93.4 Å². The number of fused-ring (bicyclic) bond motifs is 3. The summed E-state index contributed by atoms with van der Waals surface area (Å²) in [6.07, 6.45) is 14.4. The summed E-state index contributed by atoms with van der Waals surface area (Å²) >= 11 is 1.53. The standard InChI is InChI=1S/C42H52N6O8S/c1-54-28-17-18-30-32(19-28)44-33(34-24-57-40(45-34)43-26-12-7-8-13-26)21-36(30)55-29-20-35-37(49)47-42(39(51)52)22-25(42)11-5-3-2-4-6-16-31(38(50)48(35)23-29)46-41(53)56-27-14-9-10-15-27/h5,11,17-19,21,24-27,29,31,35H,2-4,6-10,12-16,20,22-23H2,1H3,(H,43,45)(H,46,53)(H,47,49)(H,51,52)/t25-,29-,31+,35+,42-/m1/s1. The van der Waals surface area contributed by atoms with Gasteiger partial charge in [0.1, 0.15) is 47.0 Å². The topological polar surface area (TPSA) is 181 Å². The summed E-state index contributed by atoms with van der Waals surface area (Å²) in [7, 11) is 1.59. The monoisotopic (exact) mass is 800 g/mol. The number of carboxylic acid groups (broad SMARTS) is 1. The van der Waals surface area contributed by atoms with Crippen molar-refractivity contribution in [2.75, 3.05) is 19.0 Å². The molecule has 0 radical (unpaired) electrons. The number of rotatable bonds is 9. The number of hydrogen-bond acceptors (Lipinski definition) is 11. The second-order valence-electron chi connectivity index (χ2n) is 16.2. The van der Waals surface area contributed by atoms with E-state index in [-0.39, 0.29) is 31.4 Å². The number of nitrogens with zero attached hydrogens (tertiary/aromatic N) is 3. The lowest BCUT2D eigenvalue weighted by Gasteiger charge is -2.29. The maximum absolute atomic E-state index is 14.6. The lowest BCUT2D eigenvalue weighted by atomic mass is 10.0. The molecule has 57 heavy (non-hydrogen) atoms. The van der Waals surface area contributed by atoms with Gasteiger partial charge in [0.15, 0.2) is 5.13 Å². The summed E-state index contributed by atoms with van der Waals surface area (Å²) in [5.41, 5.74) is 0.472. The number of benzene rings is 1. The first-order valence-electron chi connectivity index (χ1n) is 20.6. The fourth-order valence-corrected chi connectivity index (χ4v) is 9.68. The average molecular weight is 801 g/mol. The Bertz CT molecular complexity index is 2010. The summed E-state index contributed by atoms with van der Waals surface area (Å²) in [6, 6.07) is 5.79. The molecule has 2 aliphatic heterocycles. The molecular formula is C42H52N6O8S. The third-order valence-corrected chi connectivity index (χ3v) is 13.0. The van der Waals surface area contributed by atoms with Gasteiger partial charge in [-0.05, 0) is 76.3 Å². The van der Waals surface area contributed by atoms with Gasteiger partial charge in [0.25, 0.3) is 0 Å². The number of carbonyl (C=O) groups is 4. The fourth-order valence-electron chi connectivity index (χ4n) is 8.89. The van der Waals surface area contributed by atoms with Gasteiger partial charge >= 0.3 is 12.1 Å². The van der Waals surface area contributed by atoms with Crippen molar-refractivity contribution in [2.24, 2.45) is 5.92 Å². The molecular weight excluding hydrogens is 749 g/mol. The smallest absolute Gasteiger partial charge is 0.408 e. The van der Waals surface area contributed by atoms with E-state index >= 15 is 0 Å². The summed E-state index contributed by atoms with van der Waals surface area (Å²) in [5.74, 6) is -1.32. The zero-order valence-electron chi connectivity index (χ0n) is 32.4. The van der Waals surface area contributed by atoms with Crippen molar-refractivity contribution in [3.63, 3.8) is 0 Å². The van der Waals surface area contributed by atoms with Gasteiger partial charge in [0.05, 0.1) is 24.9 Å². The van der Waals surface area contributed by atoms with Crippen molar-refractivity contribution in [2.45, 2.75) is 132 Å². The number of amides is 3. The van der Waals surface area contributed by atoms with E-state index in [2.05, 4.69) is 16.0 Å². The van der Waals surface area contributed by atoms with Gasteiger partial charge in [-0.2, -0.15) is 0 Å². The number of anilines is 1. The molecule has 4 heterocycles. The van der Waals surface area contributed by atoms with E-state index in [1.54, 1.807) is 7.11 Å². The van der Waals surface area contributed by atoms with Gasteiger partial charge in [-0.1, -0.05) is 37.8 Å². The van der Waals surface area contributed by atoms with E-state index in [1.807, 2.05) is 41.8 Å². The van der Waals surface area contributed by atoms with Crippen molar-refractivity contribution in [1.29, 1.82) is 0 Å². The molecule has 1 saturated heterocycles. The molecule has 304 valence electrons. The van der Waals surface area contributed by atoms with Crippen molar-refractivity contribution in [1.82, 2.24) is 25.5 Å². The molecule has 3 aliphatic carbocycles. The Labute approximate surface area is 336 Å². The minimum absolute atomic E-state index is 0.0393. The predicted octanol–water partition coefficient (Wildman–Crippen LogP) is 6.59. The number of aliphatic carboxylic acids is 1. The number of alkyl carbamates (subject to hydrolysis) is 1. The first-order valence-corrected chi connectivity index (χ1v) is 21.4. The molecule has 0 unspecified atom stereocenters. The maximum Gasteiger partial charge on any atom is 0.408 e. The first-order chi connectivity index (χ1) is 27.7. The molecule has 4 fully saturated rings. The Kier molecular flexibility index (Phi) is 11.5. The summed E-state index contributed by atoms with van der Waals surface area (Å²) in [5, 5.41) is 23.0. The number of hydrogen-bond donors (Lipinski definition) is 4. The number of aromatic nitrogens is 2. The quantitative estimate of drug-likeness (QED) is 0.172. The molecule has 15 heteroatoms. The highest BCUT2D eigenvalue weighted by molar-refractivity contribution is 7.14. The van der Waals surface area contributed by atoms with Crippen molar-refractivity contribution >= 4 is 51.2 Å². The van der Waals surface area contributed by atoms with Gasteiger partial charge in [-0.3, -0.25) is 9.59 Å². The first kappa shape index (κ1) is 38.9. The molecule has 5 atom stereocenters. The largest absolute Gasteiger partial charge is 0.497 e. The van der Waals surface area contributed by atoms with Crippen LogP contribution in [0, 0.1) is 5.92 Å². The highest BCUT2D eigenvalue weighted by Gasteiger charge is 2.61. The van der Waals surface area contributed by atoms with Crippen LogP contribution in [0.3, 0.4) is 0 Å². The molecule has 3 saturated carbocycles. The fraction of sp³-hybridized carbons (Fsp3) is 0.571. The van der Waals surface area contributed by atoms with Gasteiger partial charge in [-0.25, -0.2) is 19.6 Å². The zero-order chi connectivity index (χ0) is 39.5. The Morgan fingerprint density at radius 2 is 1.75 bits per heavy atom. The van der Waals surface area contributed by atoms with E-state index in [0.29, 0.717) is 52.7 Å². The van der Waals surface area contributed by atoms with Crippen molar-refractivity contribution in [3.05, 3.63) is 41.8 Å². The number of carboxylic acids is 1. The van der Waals surface area contributed by atoms with Crippen LogP contribution in [0.1, 0.15) is 96.3 Å². The third kappa shape index (κ3) is 8.68. The molecule has 3 amide bonds. The SMILES string of the molecule is COc1ccc2c(O[C@@H]3C[C@H]4C(=O)N[C@]5(C(=O)O)C[C@H]5C=CCCCCC[C@H](NC(=O)OC5CCCC5)C(=O)N4C3)cc(-c3csc(NC4CCCC4)n3)nc2c1. The van der Waals surface area contributed by atoms with E-state index in [0.717, 1.165) is 62.9 Å². The lowest BCUT2D eigenvalue weighted by Crippen LogP contribution is -2.56. The molecule has 3 aromatic rings. The molecule has 8 rings (SSSR count). The van der Waals surface area contributed by atoms with Crippen molar-refractivity contribution < 1.29 is 38.5 Å². The number of ether oxygens (including phenoxy) is 3. The molecule has 0 spiro atoms. The Balaban J connectivity index is 1.09. The Hall–Kier alpha value is -4.92. The van der Waals surface area contributed by atoms with E-state index in [1.165, 1.54) is 29.1 Å². The minimum atomic E-state index is -1.45. The predicted molar refractivity (Wildman–Crippen MR) is 214 cm³/mol. The van der Waals surface area contributed by atoms with Crippen LogP contribution >= 0.6 is 11.3 Å². The van der Waals surface area contributed by atoms with Gasteiger partial charge in [-0.15, -0.1) is 11.3 Å². The van der Waals surface area contributed by atoms with Gasteiger partial charge < -0.3 is 40.2 Å². The highest BCUT2D eigenvalue weighted by Crippen LogP contribution is 2.45. The summed E-state index contributed by atoms with van der Waals surface area (Å²) in [4.78, 5) is 65.9. The van der Waals surface area contributed by atoms with Crippen LogP contribution in [0.2, 0.25) is 0 Å². The summed E-state index contributed by atoms with van der Waals surface area (Å²) in [6.45, 7) is 0.0393. The highest BCUT2D eigenvalue weighted by atomic mass is 32.1. The van der Waals surface area contributed by atoms with Crippen LogP contribution in [0.5, 0.6) is 11.5 Å². The number of carbonyl (C=O) groups excluding carboxylic acids is 3. The molecule has 2 aromatic heterocycles. The van der Waals surface area contributed by atoms with E-state index < -0.39 is 47.6 Å². The number of thiazole rings is 1. The lowest BCUT2D eigenvalue weighted by molar-refractivity contribution is -0.145. The zero-order valence-corrected chi connectivity index (χ0v) is 33.2. The summed E-state index contributed by atoms with van der Waals surface area (Å²) < 4.78 is 18.0. The van der Waals surface area contributed by atoms with Crippen LogP contribution in [-0.2, 0) is 19.1 Å². The van der Waals surface area contributed by atoms with Gasteiger partial charge in [0.2, 0.25) is 11.8 Å². The molecule has 0 bridgehead atoms. The van der Waals surface area contributed by atoms with Gasteiger partial charge in [0, 0.05) is 41.3 Å². The number of methoxy groups -OCH3 is 1. The number of nitrogens with one attached hydrogen (secondary N) is 3. The van der Waals surface area contributed by atoms with Crippen molar-refractivity contribution in [3.8, 4) is 22.9 Å². The van der Waals surface area contributed by atoms with E-state index in [9.17, 15) is 24.3 Å². The average Bonchev–Trinajstić information content (AvgIpc) is 3.85. The third-order valence-electron chi connectivity index (χ3n) is 12.2. The second-order valence-corrected chi connectivity index (χ2v) is 17.0. The normalized spacial score (nSPS) is 27.2. The van der Waals surface area contributed by atoms with E-state index in [4.69, 9.17) is 24.2 Å². The molecule has 14 nitrogen and oxygen atoms in total. The second kappa shape index (κ2) is 16.9. The molecule has 4 N–H and O–H groups in total. The Morgan fingerprint density at radius 1 is 0.965 bits per heavy atom. The number of pyridine rings is 1. The number of allylic oxidation sites excluding steroid dienone is 1. The van der Waals surface area contributed by atoms with Crippen LogP contribution in [0.25, 0.3) is 22.3 Å². The van der Waals surface area contributed by atoms with Crippen LogP contribution in [0.15, 0.2) is 41.8 Å². The van der Waals surface area contributed by atoms with Crippen LogP contribution in [0.4, 0.5) is 9.93 Å². The van der Waals surface area contributed by atoms with Crippen LogP contribution < -0.4 is 25.4 Å².